The number of H-pyrrole nitrogens is 1. The fourth-order valence-corrected chi connectivity index (χ4v) is 4.12. The Bertz CT molecular complexity index is 798. The molecule has 1 atom stereocenters. The summed E-state index contributed by atoms with van der Waals surface area (Å²) in [5, 5.41) is 3.05. The maximum atomic E-state index is 12.9. The lowest BCUT2D eigenvalue weighted by atomic mass is 9.98. The fourth-order valence-electron chi connectivity index (χ4n) is 4.12. The molecular formula is C20H25N5O2. The Labute approximate surface area is 158 Å². The second-order valence-corrected chi connectivity index (χ2v) is 7.31. The first kappa shape index (κ1) is 17.7. The van der Waals surface area contributed by atoms with Gasteiger partial charge in [0.1, 0.15) is 6.04 Å². The molecule has 2 amide bonds. The van der Waals surface area contributed by atoms with Crippen LogP contribution in [0.3, 0.4) is 0 Å². The number of hydrogen-bond donors (Lipinski definition) is 2. The van der Waals surface area contributed by atoms with Crippen molar-refractivity contribution in [3.8, 4) is 0 Å². The second-order valence-electron chi connectivity index (χ2n) is 7.31. The van der Waals surface area contributed by atoms with E-state index < -0.39 is 0 Å². The van der Waals surface area contributed by atoms with Gasteiger partial charge in [0.2, 0.25) is 11.8 Å². The van der Waals surface area contributed by atoms with E-state index in [1.165, 1.54) is 12.8 Å². The molecule has 2 aromatic heterocycles. The van der Waals surface area contributed by atoms with Crippen molar-refractivity contribution in [2.75, 3.05) is 6.54 Å². The van der Waals surface area contributed by atoms with Crippen LogP contribution in [0.1, 0.15) is 61.6 Å². The van der Waals surface area contributed by atoms with Crippen LogP contribution in [0.2, 0.25) is 0 Å². The fraction of sp³-hybridized carbons (Fsp3) is 0.500. The number of carbonyl (C=O) groups excluding carboxylic acids is 2. The van der Waals surface area contributed by atoms with Gasteiger partial charge in [0.15, 0.2) is 0 Å². The van der Waals surface area contributed by atoms with Crippen molar-refractivity contribution in [2.45, 2.75) is 57.0 Å². The number of nitrogens with one attached hydrogen (secondary N) is 2. The molecule has 7 heteroatoms. The minimum absolute atomic E-state index is 0.0258. The summed E-state index contributed by atoms with van der Waals surface area (Å²) in [6, 6.07) is 5.68. The molecule has 142 valence electrons. The van der Waals surface area contributed by atoms with Crippen LogP contribution in [-0.4, -0.2) is 44.3 Å². The summed E-state index contributed by atoms with van der Waals surface area (Å²) < 4.78 is 0. The highest BCUT2D eigenvalue weighted by Gasteiger charge is 2.34. The highest BCUT2D eigenvalue weighted by molar-refractivity contribution is 5.84. The van der Waals surface area contributed by atoms with Gasteiger partial charge in [-0.1, -0.05) is 18.9 Å². The van der Waals surface area contributed by atoms with Crippen molar-refractivity contribution < 1.29 is 9.59 Å². The Hall–Kier alpha value is -2.70. The minimum atomic E-state index is -0.299. The number of carbonyl (C=O) groups is 2. The number of amides is 2. The molecule has 7 nitrogen and oxygen atoms in total. The predicted octanol–water partition coefficient (Wildman–Crippen LogP) is 2.12. The first-order chi connectivity index (χ1) is 13.2. The lowest BCUT2D eigenvalue weighted by molar-refractivity contribution is -0.135. The smallest absolute Gasteiger partial charge is 0.223 e. The number of fused-ring (bicyclic) bond motifs is 1. The van der Waals surface area contributed by atoms with E-state index in [-0.39, 0.29) is 36.7 Å². The maximum Gasteiger partial charge on any atom is 0.223 e. The summed E-state index contributed by atoms with van der Waals surface area (Å²) in [5.41, 5.74) is 2.70. The van der Waals surface area contributed by atoms with Crippen molar-refractivity contribution >= 4 is 11.8 Å². The molecule has 1 aliphatic carbocycles. The van der Waals surface area contributed by atoms with E-state index in [0.717, 1.165) is 36.3 Å². The lowest BCUT2D eigenvalue weighted by Crippen LogP contribution is -2.41. The number of aromatic nitrogens is 3. The third kappa shape index (κ3) is 3.86. The van der Waals surface area contributed by atoms with Crippen molar-refractivity contribution in [1.82, 2.24) is 25.2 Å². The Morgan fingerprint density at radius 2 is 2.04 bits per heavy atom. The molecule has 2 N–H and O–H groups in total. The highest BCUT2D eigenvalue weighted by atomic mass is 16.2. The molecule has 1 saturated carbocycles. The number of nitrogens with zero attached hydrogens (tertiary/aromatic N) is 3. The Kier molecular flexibility index (Phi) is 5.18. The van der Waals surface area contributed by atoms with E-state index in [9.17, 15) is 9.59 Å². The summed E-state index contributed by atoms with van der Waals surface area (Å²) in [6.07, 6.45) is 9.03. The molecule has 1 aliphatic heterocycles. The summed E-state index contributed by atoms with van der Waals surface area (Å²) in [5.74, 6) is -0.0528. The molecule has 0 unspecified atom stereocenters. The zero-order valence-electron chi connectivity index (χ0n) is 15.4. The van der Waals surface area contributed by atoms with Gasteiger partial charge in [-0.15, -0.1) is 0 Å². The van der Waals surface area contributed by atoms with Crippen LogP contribution >= 0.6 is 0 Å². The largest absolute Gasteiger partial charge is 0.353 e. The van der Waals surface area contributed by atoms with Crippen LogP contribution in [0.4, 0.5) is 0 Å². The minimum Gasteiger partial charge on any atom is -0.353 e. The Balaban J connectivity index is 1.44. The van der Waals surface area contributed by atoms with Gasteiger partial charge >= 0.3 is 0 Å². The molecule has 3 heterocycles. The number of pyridine rings is 1. The van der Waals surface area contributed by atoms with E-state index in [0.29, 0.717) is 6.54 Å². The topological polar surface area (TPSA) is 91.0 Å². The van der Waals surface area contributed by atoms with Gasteiger partial charge in [-0.25, -0.2) is 4.98 Å². The van der Waals surface area contributed by atoms with Crippen molar-refractivity contribution in [1.29, 1.82) is 0 Å². The van der Waals surface area contributed by atoms with Gasteiger partial charge in [-0.05, 0) is 25.0 Å². The summed E-state index contributed by atoms with van der Waals surface area (Å²) >= 11 is 0. The molecule has 2 aromatic rings. The maximum absolute atomic E-state index is 12.9. The summed E-state index contributed by atoms with van der Waals surface area (Å²) in [7, 11) is 0. The van der Waals surface area contributed by atoms with Gasteiger partial charge in [0.05, 0.1) is 17.7 Å². The van der Waals surface area contributed by atoms with Crippen LogP contribution in [0.25, 0.3) is 0 Å². The number of rotatable bonds is 5. The van der Waals surface area contributed by atoms with Crippen molar-refractivity contribution in [2.24, 2.45) is 0 Å². The van der Waals surface area contributed by atoms with Crippen LogP contribution in [0.15, 0.2) is 30.7 Å². The van der Waals surface area contributed by atoms with E-state index in [2.05, 4.69) is 20.3 Å². The lowest BCUT2D eigenvalue weighted by Gasteiger charge is -2.34. The molecular weight excluding hydrogens is 342 g/mol. The molecule has 0 aromatic carbocycles. The molecule has 4 rings (SSSR count). The molecule has 0 bridgehead atoms. The predicted molar refractivity (Wildman–Crippen MR) is 99.7 cm³/mol. The number of imidazole rings is 1. The Morgan fingerprint density at radius 1 is 1.19 bits per heavy atom. The standard InChI is InChI=1S/C20H25N5O2/c26-17(24-14-5-1-2-6-14)8-9-18(27)25-12-10-15-19(23-13-22-15)20(25)16-7-3-4-11-21-16/h3-4,7,11,13-14,20H,1-2,5-6,8-10,12H2,(H,22,23)(H,24,26)/t20-/m0/s1. The molecule has 1 fully saturated rings. The first-order valence-electron chi connectivity index (χ1n) is 9.74. The molecule has 0 spiro atoms. The summed E-state index contributed by atoms with van der Waals surface area (Å²) in [6.45, 7) is 0.597. The quantitative estimate of drug-likeness (QED) is 0.847. The summed E-state index contributed by atoms with van der Waals surface area (Å²) in [4.78, 5) is 39.0. The number of hydrogen-bond acceptors (Lipinski definition) is 4. The molecule has 2 aliphatic rings. The van der Waals surface area contributed by atoms with E-state index in [4.69, 9.17) is 0 Å². The Morgan fingerprint density at radius 3 is 2.81 bits per heavy atom. The van der Waals surface area contributed by atoms with Crippen molar-refractivity contribution in [3.05, 3.63) is 47.8 Å². The van der Waals surface area contributed by atoms with E-state index in [1.54, 1.807) is 12.5 Å². The highest BCUT2D eigenvalue weighted by Crippen LogP contribution is 2.32. The van der Waals surface area contributed by atoms with Gasteiger partial charge in [-0.2, -0.15) is 0 Å². The molecule has 0 radical (unpaired) electrons. The SMILES string of the molecule is O=C(CCC(=O)N1CCc2[nH]cnc2[C@@H]1c1ccccn1)NC1CCCC1. The van der Waals surface area contributed by atoms with Gasteiger partial charge in [0.25, 0.3) is 0 Å². The monoisotopic (exact) mass is 367 g/mol. The first-order valence-corrected chi connectivity index (χ1v) is 9.74. The van der Waals surface area contributed by atoms with Crippen LogP contribution in [-0.2, 0) is 16.0 Å². The van der Waals surface area contributed by atoms with Gasteiger partial charge in [-0.3, -0.25) is 14.6 Å². The van der Waals surface area contributed by atoms with Crippen molar-refractivity contribution in [3.63, 3.8) is 0 Å². The zero-order chi connectivity index (χ0) is 18.6. The van der Waals surface area contributed by atoms with E-state index >= 15 is 0 Å². The average Bonchev–Trinajstić information content (AvgIpc) is 3.37. The van der Waals surface area contributed by atoms with Crippen LogP contribution < -0.4 is 5.32 Å². The van der Waals surface area contributed by atoms with E-state index in [1.807, 2.05) is 23.1 Å². The third-order valence-corrected chi connectivity index (χ3v) is 5.50. The zero-order valence-corrected chi connectivity index (χ0v) is 15.4. The normalized spacial score (nSPS) is 19.7. The van der Waals surface area contributed by atoms with Gasteiger partial charge in [0, 0.05) is 43.7 Å². The van der Waals surface area contributed by atoms with Crippen LogP contribution in [0.5, 0.6) is 0 Å². The van der Waals surface area contributed by atoms with Gasteiger partial charge < -0.3 is 15.2 Å². The third-order valence-electron chi connectivity index (χ3n) is 5.50. The molecule has 0 saturated heterocycles. The number of aromatic amines is 1. The second kappa shape index (κ2) is 7.90. The van der Waals surface area contributed by atoms with Crippen LogP contribution in [0, 0.1) is 0 Å². The molecule has 27 heavy (non-hydrogen) atoms. The average molecular weight is 367 g/mol.